The van der Waals surface area contributed by atoms with Gasteiger partial charge in [-0.1, -0.05) is 60.7 Å². The van der Waals surface area contributed by atoms with E-state index in [-0.39, 0.29) is 11.3 Å². The third-order valence-electron chi connectivity index (χ3n) is 5.13. The topological polar surface area (TPSA) is 74.8 Å². The van der Waals surface area contributed by atoms with E-state index in [9.17, 15) is 19.2 Å². The van der Waals surface area contributed by atoms with Gasteiger partial charge in [-0.15, -0.1) is 0 Å². The van der Waals surface area contributed by atoms with E-state index in [4.69, 9.17) is 0 Å². The SMILES string of the molecule is O=C1C(=O)N2C(=C1C(=O)c1ccccc1)C(=O)N(c1ccccc1)c1ccccc12. The second kappa shape index (κ2) is 6.63. The van der Waals surface area contributed by atoms with E-state index in [0.29, 0.717) is 17.1 Å². The minimum Gasteiger partial charge on any atom is -0.288 e. The zero-order chi connectivity index (χ0) is 20.8. The maximum Gasteiger partial charge on any atom is 0.304 e. The number of ketones is 2. The Hall–Kier alpha value is -4.32. The van der Waals surface area contributed by atoms with Crippen molar-refractivity contribution in [3.8, 4) is 0 Å². The van der Waals surface area contributed by atoms with E-state index in [1.165, 1.54) is 4.90 Å². The number of fused-ring (bicyclic) bond motifs is 3. The summed E-state index contributed by atoms with van der Waals surface area (Å²) in [5.41, 5.74) is 1.05. The standard InChI is InChI=1S/C24H14N2O4/c27-21(15-9-3-1-4-10-15)19-20-23(29)25(16-11-5-2-6-12-16)17-13-7-8-14-18(17)26(20)24(30)22(19)28/h1-14H. The second-order valence-corrected chi connectivity index (χ2v) is 6.85. The van der Waals surface area contributed by atoms with Crippen molar-refractivity contribution in [1.82, 2.24) is 0 Å². The first-order valence-corrected chi connectivity index (χ1v) is 9.31. The highest BCUT2D eigenvalue weighted by Gasteiger charge is 2.50. The molecule has 0 spiro atoms. The molecule has 0 unspecified atom stereocenters. The Morgan fingerprint density at radius 3 is 1.77 bits per heavy atom. The van der Waals surface area contributed by atoms with Gasteiger partial charge in [0.15, 0.2) is 5.78 Å². The van der Waals surface area contributed by atoms with Crippen LogP contribution in [-0.2, 0) is 14.4 Å². The van der Waals surface area contributed by atoms with Gasteiger partial charge in [-0.25, -0.2) is 0 Å². The summed E-state index contributed by atoms with van der Waals surface area (Å²) < 4.78 is 0. The fourth-order valence-electron chi connectivity index (χ4n) is 3.80. The maximum absolute atomic E-state index is 13.6. The average Bonchev–Trinajstić information content (AvgIpc) is 3.06. The number of carbonyl (C=O) groups excluding carboxylic acids is 4. The highest BCUT2D eigenvalue weighted by molar-refractivity contribution is 6.60. The monoisotopic (exact) mass is 394 g/mol. The molecule has 2 heterocycles. The van der Waals surface area contributed by atoms with Gasteiger partial charge in [-0.05, 0) is 24.3 Å². The van der Waals surface area contributed by atoms with Gasteiger partial charge < -0.3 is 0 Å². The Morgan fingerprint density at radius 1 is 0.600 bits per heavy atom. The van der Waals surface area contributed by atoms with Gasteiger partial charge in [-0.3, -0.25) is 29.0 Å². The number of para-hydroxylation sites is 3. The summed E-state index contributed by atoms with van der Waals surface area (Å²) in [6.07, 6.45) is 0. The van der Waals surface area contributed by atoms with Crippen molar-refractivity contribution >= 4 is 40.4 Å². The largest absolute Gasteiger partial charge is 0.304 e. The van der Waals surface area contributed by atoms with Crippen molar-refractivity contribution in [2.24, 2.45) is 0 Å². The Bertz CT molecular complexity index is 1260. The number of carbonyl (C=O) groups is 4. The van der Waals surface area contributed by atoms with Crippen LogP contribution < -0.4 is 9.80 Å². The van der Waals surface area contributed by atoms with Gasteiger partial charge in [0.2, 0.25) is 0 Å². The lowest BCUT2D eigenvalue weighted by Gasteiger charge is -2.35. The summed E-state index contributed by atoms with van der Waals surface area (Å²) in [4.78, 5) is 54.9. The first-order chi connectivity index (χ1) is 14.6. The molecular weight excluding hydrogens is 380 g/mol. The molecule has 3 aromatic carbocycles. The van der Waals surface area contributed by atoms with Gasteiger partial charge in [0.1, 0.15) is 11.3 Å². The third-order valence-corrected chi connectivity index (χ3v) is 5.13. The average molecular weight is 394 g/mol. The number of amides is 2. The molecule has 0 radical (unpaired) electrons. The summed E-state index contributed by atoms with van der Waals surface area (Å²) in [6.45, 7) is 0. The number of hydrogen-bond donors (Lipinski definition) is 0. The van der Waals surface area contributed by atoms with E-state index < -0.39 is 29.0 Å². The van der Waals surface area contributed by atoms with Crippen LogP contribution in [0.3, 0.4) is 0 Å². The zero-order valence-electron chi connectivity index (χ0n) is 15.6. The number of rotatable bonds is 3. The van der Waals surface area contributed by atoms with E-state index in [1.807, 2.05) is 6.07 Å². The number of hydrogen-bond acceptors (Lipinski definition) is 4. The number of benzene rings is 3. The molecule has 0 aliphatic carbocycles. The molecule has 0 fully saturated rings. The second-order valence-electron chi connectivity index (χ2n) is 6.85. The Morgan fingerprint density at radius 2 is 1.13 bits per heavy atom. The minimum atomic E-state index is -0.975. The van der Waals surface area contributed by atoms with Crippen LogP contribution in [0.2, 0.25) is 0 Å². The molecule has 0 saturated heterocycles. The summed E-state index contributed by atoms with van der Waals surface area (Å²) in [5, 5.41) is 0. The van der Waals surface area contributed by atoms with Crippen molar-refractivity contribution < 1.29 is 19.2 Å². The normalized spacial score (nSPS) is 15.4. The maximum atomic E-state index is 13.6. The minimum absolute atomic E-state index is 0.207. The summed E-state index contributed by atoms with van der Waals surface area (Å²) >= 11 is 0. The lowest BCUT2D eigenvalue weighted by molar-refractivity contribution is -0.132. The molecule has 0 atom stereocenters. The summed E-state index contributed by atoms with van der Waals surface area (Å²) in [7, 11) is 0. The van der Waals surface area contributed by atoms with Gasteiger partial charge >= 0.3 is 5.91 Å². The third kappa shape index (κ3) is 2.44. The van der Waals surface area contributed by atoms with Crippen LogP contribution in [0.15, 0.2) is 96.2 Å². The molecular formula is C24H14N2O4. The first-order valence-electron chi connectivity index (χ1n) is 9.31. The quantitative estimate of drug-likeness (QED) is 0.388. The predicted molar refractivity (Wildman–Crippen MR) is 110 cm³/mol. The Kier molecular flexibility index (Phi) is 3.93. The van der Waals surface area contributed by atoms with Crippen molar-refractivity contribution in [3.05, 3.63) is 102 Å². The van der Waals surface area contributed by atoms with Gasteiger partial charge in [0.05, 0.1) is 11.4 Å². The Labute approximate surface area is 171 Å². The fraction of sp³-hybridized carbons (Fsp3) is 0. The lowest BCUT2D eigenvalue weighted by atomic mass is 9.99. The molecule has 2 aliphatic heterocycles. The predicted octanol–water partition coefficient (Wildman–Crippen LogP) is 3.42. The van der Waals surface area contributed by atoms with Gasteiger partial charge in [0.25, 0.3) is 11.7 Å². The highest BCUT2D eigenvalue weighted by atomic mass is 16.2. The molecule has 3 aromatic rings. The van der Waals surface area contributed by atoms with Crippen molar-refractivity contribution in [1.29, 1.82) is 0 Å². The van der Waals surface area contributed by atoms with Crippen LogP contribution in [0.1, 0.15) is 10.4 Å². The summed E-state index contributed by atoms with van der Waals surface area (Å²) in [6, 6.07) is 23.9. The molecule has 0 saturated carbocycles. The van der Waals surface area contributed by atoms with Crippen molar-refractivity contribution in [2.45, 2.75) is 0 Å². The van der Waals surface area contributed by atoms with E-state index in [1.54, 1.807) is 78.9 Å². The lowest BCUT2D eigenvalue weighted by Crippen LogP contribution is -2.42. The molecule has 2 aliphatic rings. The molecule has 6 heteroatoms. The highest BCUT2D eigenvalue weighted by Crippen LogP contribution is 2.45. The molecule has 6 nitrogen and oxygen atoms in total. The van der Waals surface area contributed by atoms with Gasteiger partial charge in [-0.2, -0.15) is 0 Å². The van der Waals surface area contributed by atoms with E-state index in [0.717, 1.165) is 4.90 Å². The molecule has 0 bridgehead atoms. The van der Waals surface area contributed by atoms with Crippen molar-refractivity contribution in [2.75, 3.05) is 9.80 Å². The first kappa shape index (κ1) is 17.8. The molecule has 5 rings (SSSR count). The number of nitrogens with zero attached hydrogens (tertiary/aromatic N) is 2. The summed E-state index contributed by atoms with van der Waals surface area (Å²) in [5.74, 6) is -3.12. The van der Waals surface area contributed by atoms with E-state index in [2.05, 4.69) is 0 Å². The van der Waals surface area contributed by atoms with Gasteiger partial charge in [0, 0.05) is 11.3 Å². The van der Waals surface area contributed by atoms with E-state index >= 15 is 0 Å². The van der Waals surface area contributed by atoms with Crippen LogP contribution >= 0.6 is 0 Å². The zero-order valence-corrected chi connectivity index (χ0v) is 15.6. The van der Waals surface area contributed by atoms with Crippen LogP contribution in [0.25, 0.3) is 0 Å². The Balaban J connectivity index is 1.78. The van der Waals surface area contributed by atoms with Crippen molar-refractivity contribution in [3.63, 3.8) is 0 Å². The van der Waals surface area contributed by atoms with Crippen LogP contribution in [-0.4, -0.2) is 23.4 Å². The molecule has 30 heavy (non-hydrogen) atoms. The molecule has 144 valence electrons. The smallest absolute Gasteiger partial charge is 0.288 e. The van der Waals surface area contributed by atoms with Crippen LogP contribution in [0.4, 0.5) is 17.1 Å². The molecule has 2 amide bonds. The number of anilines is 3. The number of Topliss-reactive ketones (excluding diaryl/α,β-unsaturated/α-hetero) is 2. The fourth-order valence-corrected chi connectivity index (χ4v) is 3.80. The molecule has 0 N–H and O–H groups in total. The van der Waals surface area contributed by atoms with Crippen LogP contribution in [0.5, 0.6) is 0 Å². The van der Waals surface area contributed by atoms with Crippen LogP contribution in [0, 0.1) is 0 Å². The molecule has 0 aromatic heterocycles.